The van der Waals surface area contributed by atoms with Crippen molar-refractivity contribution in [1.82, 2.24) is 14.8 Å². The van der Waals surface area contributed by atoms with Crippen molar-refractivity contribution in [2.24, 2.45) is 9.98 Å². The highest BCUT2D eigenvalue weighted by Gasteiger charge is 2.31. The molecule has 1 unspecified atom stereocenters. The molecule has 45 heavy (non-hydrogen) atoms. The molecular formula is C31H27F5N6O2S. The van der Waals surface area contributed by atoms with Crippen molar-refractivity contribution >= 4 is 34.9 Å². The second-order valence-corrected chi connectivity index (χ2v) is 11.3. The Hall–Kier alpha value is -4.59. The van der Waals surface area contributed by atoms with E-state index >= 15 is 0 Å². The van der Waals surface area contributed by atoms with Crippen LogP contribution in [0, 0.1) is 5.82 Å². The zero-order valence-corrected chi connectivity index (χ0v) is 24.9. The largest absolute Gasteiger partial charge is 0.573 e. The Labute approximate surface area is 259 Å². The second-order valence-electron chi connectivity index (χ2n) is 10.2. The van der Waals surface area contributed by atoms with E-state index in [-0.39, 0.29) is 23.0 Å². The smallest absolute Gasteiger partial charge is 0.406 e. The van der Waals surface area contributed by atoms with Gasteiger partial charge in [0.1, 0.15) is 17.9 Å². The highest BCUT2D eigenvalue weighted by molar-refractivity contribution is 8.14. The average Bonchev–Trinajstić information content (AvgIpc) is 3.50. The summed E-state index contributed by atoms with van der Waals surface area (Å²) in [5.41, 5.74) is 2.83. The van der Waals surface area contributed by atoms with E-state index in [1.807, 2.05) is 18.7 Å². The van der Waals surface area contributed by atoms with Gasteiger partial charge in [0.15, 0.2) is 17.2 Å². The maximum absolute atomic E-state index is 15.0. The Balaban J connectivity index is 1.24. The quantitative estimate of drug-likeness (QED) is 0.149. The van der Waals surface area contributed by atoms with Crippen LogP contribution < -0.4 is 9.64 Å². The number of aliphatic imine (C=N–C) groups is 2. The molecule has 0 bridgehead atoms. The van der Waals surface area contributed by atoms with Gasteiger partial charge in [-0.25, -0.2) is 28.2 Å². The average molecular weight is 643 g/mol. The summed E-state index contributed by atoms with van der Waals surface area (Å²) < 4.78 is 71.3. The summed E-state index contributed by atoms with van der Waals surface area (Å²) in [6.45, 7) is 4.52. The second kappa shape index (κ2) is 13.6. The first-order valence-corrected chi connectivity index (χ1v) is 14.8. The molecule has 1 fully saturated rings. The van der Waals surface area contributed by atoms with Crippen molar-refractivity contribution in [2.45, 2.75) is 38.7 Å². The third-order valence-electron chi connectivity index (χ3n) is 6.71. The number of carbonyl (C=O) groups excluding carboxylic acids is 1. The van der Waals surface area contributed by atoms with Gasteiger partial charge in [-0.3, -0.25) is 0 Å². The molecule has 5 rings (SSSR count). The molecule has 0 radical (unpaired) electrons. The molecule has 234 valence electrons. The number of amides is 2. The topological polar surface area (TPSA) is 85.0 Å². The van der Waals surface area contributed by atoms with Crippen LogP contribution in [0.5, 0.6) is 5.75 Å². The molecule has 14 heteroatoms. The van der Waals surface area contributed by atoms with Crippen LogP contribution in [-0.4, -0.2) is 50.8 Å². The molecule has 1 aromatic heterocycles. The minimum absolute atomic E-state index is 0.0466. The number of urea groups is 1. The highest BCUT2D eigenvalue weighted by Crippen LogP contribution is 2.33. The van der Waals surface area contributed by atoms with Gasteiger partial charge in [0.05, 0.1) is 5.69 Å². The third kappa shape index (κ3) is 8.12. The van der Waals surface area contributed by atoms with Crippen molar-refractivity contribution in [3.05, 3.63) is 90.0 Å². The lowest BCUT2D eigenvalue weighted by atomic mass is 10.00. The van der Waals surface area contributed by atoms with Crippen LogP contribution in [-0.2, 0) is 0 Å². The molecule has 1 saturated heterocycles. The predicted molar refractivity (Wildman–Crippen MR) is 164 cm³/mol. The van der Waals surface area contributed by atoms with Gasteiger partial charge in [0.2, 0.25) is 0 Å². The standard InChI is InChI=1S/C31H27F5N6O2S/c1-19(2)25-16-22(32)8-13-27(25)41-14-3-15-45-30(41)39-29(43)37-17-26(33)20-4-6-21(7-5-20)28-38-18-42(40-28)23-9-11-24(12-10-23)44-31(34,35)36/h4-13,16-19,26H,3,14-15H2,1-2H3. The summed E-state index contributed by atoms with van der Waals surface area (Å²) in [6, 6.07) is 15.0. The summed E-state index contributed by atoms with van der Waals surface area (Å²) in [4.78, 5) is 26.5. The van der Waals surface area contributed by atoms with Crippen LogP contribution in [0.1, 0.15) is 43.5 Å². The molecule has 8 nitrogen and oxygen atoms in total. The fourth-order valence-electron chi connectivity index (χ4n) is 4.57. The Morgan fingerprint density at radius 3 is 2.49 bits per heavy atom. The first kappa shape index (κ1) is 31.8. The van der Waals surface area contributed by atoms with E-state index in [0.29, 0.717) is 28.8 Å². The van der Waals surface area contributed by atoms with Crippen molar-refractivity contribution in [2.75, 3.05) is 17.2 Å². The first-order chi connectivity index (χ1) is 21.5. The van der Waals surface area contributed by atoms with Gasteiger partial charge >= 0.3 is 12.4 Å². The molecular weight excluding hydrogens is 615 g/mol. The molecule has 0 saturated carbocycles. The SMILES string of the molecule is CC(C)c1cc(F)ccc1N1CCCSC1=NC(=O)N=CC(F)c1ccc(-c2ncn(-c3ccc(OC(F)(F)F)cc3)n2)cc1. The number of carbonyl (C=O) groups is 1. The van der Waals surface area contributed by atoms with Gasteiger partial charge in [-0.2, -0.15) is 4.99 Å². The van der Waals surface area contributed by atoms with Crippen LogP contribution in [0.15, 0.2) is 83.0 Å². The Morgan fingerprint density at radius 1 is 1.07 bits per heavy atom. The summed E-state index contributed by atoms with van der Waals surface area (Å²) >= 11 is 1.39. The van der Waals surface area contributed by atoms with Crippen molar-refractivity contribution in [3.8, 4) is 22.8 Å². The zero-order valence-electron chi connectivity index (χ0n) is 24.1. The lowest BCUT2D eigenvalue weighted by Gasteiger charge is -2.31. The third-order valence-corrected chi connectivity index (χ3v) is 7.77. The maximum Gasteiger partial charge on any atom is 0.573 e. The van der Waals surface area contributed by atoms with E-state index in [1.165, 1.54) is 59.2 Å². The minimum atomic E-state index is -4.79. The fraction of sp³-hybridized carbons (Fsp3) is 0.258. The molecule has 1 atom stereocenters. The number of thioether (sulfide) groups is 1. The van der Waals surface area contributed by atoms with Gasteiger partial charge in [-0.1, -0.05) is 49.9 Å². The monoisotopic (exact) mass is 642 g/mol. The Kier molecular flexibility index (Phi) is 9.61. The number of alkyl halides is 4. The van der Waals surface area contributed by atoms with E-state index in [4.69, 9.17) is 0 Å². The number of halogens is 5. The van der Waals surface area contributed by atoms with E-state index in [2.05, 4.69) is 24.8 Å². The molecule has 2 heterocycles. The number of aromatic nitrogens is 3. The molecule has 0 spiro atoms. The lowest BCUT2D eigenvalue weighted by Crippen LogP contribution is -2.35. The molecule has 0 N–H and O–H groups in total. The summed E-state index contributed by atoms with van der Waals surface area (Å²) in [5, 5.41) is 4.76. The van der Waals surface area contributed by atoms with E-state index in [0.717, 1.165) is 41.8 Å². The highest BCUT2D eigenvalue weighted by atomic mass is 32.2. The van der Waals surface area contributed by atoms with Crippen LogP contribution >= 0.6 is 11.8 Å². The number of hydrogen-bond acceptors (Lipinski definition) is 5. The number of rotatable bonds is 7. The molecule has 1 aliphatic rings. The van der Waals surface area contributed by atoms with Gasteiger partial charge in [-0.15, -0.1) is 18.3 Å². The number of ether oxygens (including phenoxy) is 1. The molecule has 3 aromatic carbocycles. The van der Waals surface area contributed by atoms with Gasteiger partial charge < -0.3 is 9.64 Å². The normalized spacial score (nSPS) is 15.6. The van der Waals surface area contributed by atoms with E-state index < -0.39 is 18.6 Å². The lowest BCUT2D eigenvalue weighted by molar-refractivity contribution is -0.274. The van der Waals surface area contributed by atoms with Gasteiger partial charge in [-0.05, 0) is 65.9 Å². The number of benzene rings is 3. The molecule has 1 aliphatic heterocycles. The number of hydrogen-bond donors (Lipinski definition) is 0. The van der Waals surface area contributed by atoms with E-state index in [1.54, 1.807) is 18.2 Å². The van der Waals surface area contributed by atoms with E-state index in [9.17, 15) is 26.7 Å². The van der Waals surface area contributed by atoms with Crippen LogP contribution in [0.3, 0.4) is 0 Å². The van der Waals surface area contributed by atoms with Crippen LogP contribution in [0.25, 0.3) is 17.1 Å². The Bertz CT molecular complexity index is 1700. The molecule has 4 aromatic rings. The van der Waals surface area contributed by atoms with Gasteiger partial charge in [0, 0.05) is 29.8 Å². The minimum Gasteiger partial charge on any atom is -0.406 e. The predicted octanol–water partition coefficient (Wildman–Crippen LogP) is 8.30. The van der Waals surface area contributed by atoms with Crippen molar-refractivity contribution in [3.63, 3.8) is 0 Å². The fourth-order valence-corrected chi connectivity index (χ4v) is 5.52. The first-order valence-electron chi connectivity index (χ1n) is 13.9. The summed E-state index contributed by atoms with van der Waals surface area (Å²) in [6.07, 6.45) is -3.35. The summed E-state index contributed by atoms with van der Waals surface area (Å²) in [5.74, 6) is 0.403. The van der Waals surface area contributed by atoms with Gasteiger partial charge in [0.25, 0.3) is 0 Å². The summed E-state index contributed by atoms with van der Waals surface area (Å²) in [7, 11) is 0. The Morgan fingerprint density at radius 2 is 1.80 bits per heavy atom. The van der Waals surface area contributed by atoms with Crippen LogP contribution in [0.4, 0.5) is 32.4 Å². The molecule has 0 aliphatic carbocycles. The maximum atomic E-state index is 15.0. The number of amidine groups is 1. The number of anilines is 1. The number of nitrogens with zero attached hydrogens (tertiary/aromatic N) is 6. The molecule has 2 amide bonds. The van der Waals surface area contributed by atoms with Crippen molar-refractivity contribution < 1.29 is 31.5 Å². The van der Waals surface area contributed by atoms with Crippen LogP contribution in [0.2, 0.25) is 0 Å². The van der Waals surface area contributed by atoms with Crippen molar-refractivity contribution in [1.29, 1.82) is 0 Å². The zero-order chi connectivity index (χ0) is 32.1.